The Labute approximate surface area is 214 Å². The van der Waals surface area contributed by atoms with Crippen LogP contribution in [0.5, 0.6) is 0 Å². The van der Waals surface area contributed by atoms with Gasteiger partial charge in [0, 0.05) is 34.9 Å². The van der Waals surface area contributed by atoms with Gasteiger partial charge >= 0.3 is 0 Å². The third-order valence-corrected chi connectivity index (χ3v) is 7.87. The maximum Gasteiger partial charge on any atom is 0.176 e. The predicted octanol–water partition coefficient (Wildman–Crippen LogP) is 5.62. The van der Waals surface area contributed by atoms with Crippen LogP contribution in [0, 0.1) is 29.0 Å². The van der Waals surface area contributed by atoms with Crippen molar-refractivity contribution in [1.29, 1.82) is 5.26 Å². The molecule has 0 unspecified atom stereocenters. The van der Waals surface area contributed by atoms with E-state index in [9.17, 15) is 14.4 Å². The van der Waals surface area contributed by atoms with Crippen molar-refractivity contribution >= 4 is 5.78 Å². The number of halogens is 1. The molecule has 3 atom stereocenters. The van der Waals surface area contributed by atoms with E-state index in [1.54, 1.807) is 24.5 Å². The van der Waals surface area contributed by atoms with Gasteiger partial charge in [-0.2, -0.15) is 10.4 Å². The first kappa shape index (κ1) is 23.0. The minimum absolute atomic E-state index is 0.0371. The summed E-state index contributed by atoms with van der Waals surface area (Å²) in [6, 6.07) is 18.0. The van der Waals surface area contributed by atoms with Gasteiger partial charge in [0.05, 0.1) is 17.0 Å². The zero-order chi connectivity index (χ0) is 25.7. The predicted molar refractivity (Wildman–Crippen MR) is 137 cm³/mol. The fourth-order valence-corrected chi connectivity index (χ4v) is 6.05. The number of pyridine rings is 2. The van der Waals surface area contributed by atoms with Crippen LogP contribution in [-0.2, 0) is 16.6 Å². The highest BCUT2D eigenvalue weighted by Gasteiger charge is 2.51. The van der Waals surface area contributed by atoms with Crippen LogP contribution in [-0.4, -0.2) is 25.5 Å². The maximum atomic E-state index is 13.4. The SMILES string of the molecule is C[C@H]1C(=O)C(C#N)=C[C@@]2(C)c3c(c(-c4ccccn4)nn3-c3ccc(-c4ccc(F)cc4)cn3)CC[C@H]12. The normalized spacial score (nSPS) is 22.5. The first-order valence-electron chi connectivity index (χ1n) is 12.3. The summed E-state index contributed by atoms with van der Waals surface area (Å²) in [7, 11) is 0. The summed E-state index contributed by atoms with van der Waals surface area (Å²) in [5, 5.41) is 14.8. The molecule has 37 heavy (non-hydrogen) atoms. The second kappa shape index (κ2) is 8.59. The highest BCUT2D eigenvalue weighted by atomic mass is 19.1. The van der Waals surface area contributed by atoms with Crippen LogP contribution in [0.25, 0.3) is 28.3 Å². The minimum Gasteiger partial charge on any atom is -0.293 e. The summed E-state index contributed by atoms with van der Waals surface area (Å²) in [5.74, 6) is 0.0172. The summed E-state index contributed by atoms with van der Waals surface area (Å²) >= 11 is 0. The number of rotatable bonds is 3. The smallest absolute Gasteiger partial charge is 0.176 e. The Hall–Kier alpha value is -4.44. The van der Waals surface area contributed by atoms with Crippen LogP contribution in [0.1, 0.15) is 31.5 Å². The van der Waals surface area contributed by atoms with Crippen molar-refractivity contribution in [3.05, 3.63) is 95.7 Å². The molecule has 0 saturated heterocycles. The summed E-state index contributed by atoms with van der Waals surface area (Å²) in [5.41, 5.74) is 4.92. The molecule has 0 fully saturated rings. The third-order valence-electron chi connectivity index (χ3n) is 7.87. The Kier molecular flexibility index (Phi) is 5.34. The lowest BCUT2D eigenvalue weighted by molar-refractivity contribution is -0.121. The average molecular weight is 490 g/mol. The van der Waals surface area contributed by atoms with Gasteiger partial charge in [-0.1, -0.05) is 38.1 Å². The van der Waals surface area contributed by atoms with E-state index in [-0.39, 0.29) is 29.0 Å². The quantitative estimate of drug-likeness (QED) is 0.373. The van der Waals surface area contributed by atoms with E-state index in [0.717, 1.165) is 46.6 Å². The number of nitrogens with zero attached hydrogens (tertiary/aromatic N) is 5. The largest absolute Gasteiger partial charge is 0.293 e. The summed E-state index contributed by atoms with van der Waals surface area (Å²) in [6.45, 7) is 4.03. The number of carbonyl (C=O) groups is 1. The molecule has 6 rings (SSSR count). The van der Waals surface area contributed by atoms with Crippen molar-refractivity contribution < 1.29 is 9.18 Å². The third kappa shape index (κ3) is 3.60. The number of nitriles is 1. The van der Waals surface area contributed by atoms with Gasteiger partial charge in [-0.05, 0) is 60.7 Å². The second-order valence-electron chi connectivity index (χ2n) is 9.97. The molecule has 3 heterocycles. The van der Waals surface area contributed by atoms with Crippen molar-refractivity contribution in [2.24, 2.45) is 11.8 Å². The van der Waals surface area contributed by atoms with Gasteiger partial charge in [0.15, 0.2) is 11.6 Å². The van der Waals surface area contributed by atoms with E-state index in [4.69, 9.17) is 10.1 Å². The van der Waals surface area contributed by atoms with Crippen LogP contribution in [0.2, 0.25) is 0 Å². The monoisotopic (exact) mass is 489 g/mol. The maximum absolute atomic E-state index is 13.4. The molecular weight excluding hydrogens is 465 g/mol. The fraction of sp³-hybridized carbons (Fsp3) is 0.233. The van der Waals surface area contributed by atoms with E-state index < -0.39 is 5.41 Å². The molecule has 2 aliphatic rings. The van der Waals surface area contributed by atoms with Crippen LogP contribution in [0.15, 0.2) is 78.6 Å². The van der Waals surface area contributed by atoms with Crippen molar-refractivity contribution in [3.63, 3.8) is 0 Å². The molecule has 0 spiro atoms. The van der Waals surface area contributed by atoms with Gasteiger partial charge in [0.25, 0.3) is 0 Å². The highest BCUT2D eigenvalue weighted by molar-refractivity contribution is 6.02. The Morgan fingerprint density at radius 2 is 1.86 bits per heavy atom. The number of benzene rings is 1. The molecule has 182 valence electrons. The number of hydrogen-bond acceptors (Lipinski definition) is 5. The molecule has 0 aliphatic heterocycles. The van der Waals surface area contributed by atoms with E-state index in [2.05, 4.69) is 18.0 Å². The van der Waals surface area contributed by atoms with Crippen LogP contribution < -0.4 is 0 Å². The summed E-state index contributed by atoms with van der Waals surface area (Å²) in [4.78, 5) is 22.2. The van der Waals surface area contributed by atoms with Crippen molar-refractivity contribution in [3.8, 4) is 34.4 Å². The number of carbonyl (C=O) groups excluding carboxylic acids is 1. The van der Waals surface area contributed by atoms with Crippen LogP contribution >= 0.6 is 0 Å². The average Bonchev–Trinajstić information content (AvgIpc) is 3.33. The standard InChI is InChI=1S/C30H24FN5O/c1-18-24-12-11-23-27(25-5-3-4-14-33-25)35-36(29(23)30(24,2)15-21(16-32)28(18)37)26-13-8-20(17-34-26)19-6-9-22(31)10-7-19/h3-10,13-15,17-18,24H,11-12H2,1-2H3/t18-,24-,30-/m1/s1. The highest BCUT2D eigenvalue weighted by Crippen LogP contribution is 2.51. The molecule has 1 aromatic carbocycles. The fourth-order valence-electron chi connectivity index (χ4n) is 6.05. The van der Waals surface area contributed by atoms with Gasteiger partial charge in [0.2, 0.25) is 0 Å². The molecule has 2 aliphatic carbocycles. The zero-order valence-corrected chi connectivity index (χ0v) is 20.5. The summed E-state index contributed by atoms with van der Waals surface area (Å²) in [6.07, 6.45) is 6.91. The topological polar surface area (TPSA) is 84.5 Å². The molecule has 3 aromatic heterocycles. The number of Topliss-reactive ketones (excluding diaryl/α,β-unsaturated/α-hetero) is 1. The van der Waals surface area contributed by atoms with Crippen molar-refractivity contribution in [1.82, 2.24) is 19.7 Å². The van der Waals surface area contributed by atoms with Gasteiger partial charge in [-0.3, -0.25) is 9.78 Å². The van der Waals surface area contributed by atoms with E-state index in [1.165, 1.54) is 12.1 Å². The molecule has 0 radical (unpaired) electrons. The molecule has 4 aromatic rings. The number of aromatic nitrogens is 4. The van der Waals surface area contributed by atoms with E-state index in [1.807, 2.05) is 48.0 Å². The van der Waals surface area contributed by atoms with Crippen LogP contribution in [0.4, 0.5) is 4.39 Å². The van der Waals surface area contributed by atoms with Crippen molar-refractivity contribution in [2.75, 3.05) is 0 Å². The molecule has 0 bridgehead atoms. The van der Waals surface area contributed by atoms with Gasteiger partial charge < -0.3 is 0 Å². The Morgan fingerprint density at radius 1 is 1.08 bits per heavy atom. The van der Waals surface area contributed by atoms with E-state index in [0.29, 0.717) is 5.82 Å². The first-order chi connectivity index (χ1) is 17.9. The lowest BCUT2D eigenvalue weighted by Crippen LogP contribution is -2.46. The lowest BCUT2D eigenvalue weighted by Gasteiger charge is -2.45. The van der Waals surface area contributed by atoms with Gasteiger partial charge in [-0.15, -0.1) is 0 Å². The number of allylic oxidation sites excluding steroid dienone is 2. The van der Waals surface area contributed by atoms with Crippen LogP contribution in [0.3, 0.4) is 0 Å². The molecule has 6 nitrogen and oxygen atoms in total. The summed E-state index contributed by atoms with van der Waals surface area (Å²) < 4.78 is 15.2. The number of fused-ring (bicyclic) bond motifs is 3. The molecular formula is C30H24FN5O. The van der Waals surface area contributed by atoms with E-state index >= 15 is 0 Å². The van der Waals surface area contributed by atoms with Crippen molar-refractivity contribution in [2.45, 2.75) is 32.1 Å². The minimum atomic E-state index is -0.580. The second-order valence-corrected chi connectivity index (χ2v) is 9.97. The Bertz CT molecular complexity index is 1580. The molecule has 7 heteroatoms. The number of hydrogen-bond donors (Lipinski definition) is 0. The van der Waals surface area contributed by atoms with Gasteiger partial charge in [0.1, 0.15) is 17.6 Å². The van der Waals surface area contributed by atoms with Gasteiger partial charge in [-0.25, -0.2) is 14.1 Å². The zero-order valence-electron chi connectivity index (χ0n) is 20.5. The molecule has 0 N–H and O–H groups in total. The first-order valence-corrected chi connectivity index (χ1v) is 12.3. The Morgan fingerprint density at radius 3 is 2.54 bits per heavy atom. The molecule has 0 amide bonds. The lowest BCUT2D eigenvalue weighted by atomic mass is 9.58. The Balaban J connectivity index is 1.55. The number of ketones is 1. The molecule has 0 saturated carbocycles.